The maximum Gasteiger partial charge on any atom is 0.319 e. The number of halogens is 1. The number of carbonyl (C=O) groups is 3. The van der Waals surface area contributed by atoms with Crippen LogP contribution >= 0.6 is 0 Å². The van der Waals surface area contributed by atoms with Gasteiger partial charge in [-0.2, -0.15) is 0 Å². The van der Waals surface area contributed by atoms with E-state index in [1.54, 1.807) is 30.3 Å². The number of hydrogen-bond acceptors (Lipinski definition) is 3. The highest BCUT2D eigenvalue weighted by Crippen LogP contribution is 2.64. The summed E-state index contributed by atoms with van der Waals surface area (Å²) in [5, 5.41) is 10.6. The highest BCUT2D eigenvalue weighted by Gasteiger charge is 2.71. The molecule has 0 saturated carbocycles. The van der Waals surface area contributed by atoms with E-state index >= 15 is 0 Å². The minimum Gasteiger partial charge on any atom is -0.480 e. The first kappa shape index (κ1) is 18.0. The molecule has 1 N–H and O–H groups in total. The molecule has 0 aromatic heterocycles. The molecule has 0 radical (unpaired) electrons. The van der Waals surface area contributed by atoms with Crippen LogP contribution in [0.3, 0.4) is 0 Å². The fraction of sp³-hybridized carbons (Fsp3) is 0.160. The number of benzene rings is 3. The van der Waals surface area contributed by atoms with Crippen molar-refractivity contribution in [2.24, 2.45) is 11.8 Å². The molecule has 2 amide bonds. The number of carboxylic acid groups (broad SMARTS) is 1. The van der Waals surface area contributed by atoms with Crippen molar-refractivity contribution in [3.8, 4) is 0 Å². The lowest BCUT2D eigenvalue weighted by atomic mass is 9.47. The van der Waals surface area contributed by atoms with Gasteiger partial charge in [0.15, 0.2) is 0 Å². The fourth-order valence-corrected chi connectivity index (χ4v) is 6.01. The molecule has 3 aromatic rings. The number of amides is 2. The van der Waals surface area contributed by atoms with Crippen molar-refractivity contribution in [3.63, 3.8) is 0 Å². The molecule has 1 heterocycles. The summed E-state index contributed by atoms with van der Waals surface area (Å²) in [4.78, 5) is 41.2. The number of carbonyl (C=O) groups excluding carboxylic acids is 2. The predicted molar refractivity (Wildman–Crippen MR) is 109 cm³/mol. The van der Waals surface area contributed by atoms with Gasteiger partial charge in [-0.05, 0) is 34.4 Å². The summed E-state index contributed by atoms with van der Waals surface area (Å²) in [7, 11) is 0. The van der Waals surface area contributed by atoms with Crippen LogP contribution in [0.1, 0.15) is 28.2 Å². The molecule has 4 aliphatic rings. The third kappa shape index (κ3) is 1.93. The maximum atomic E-state index is 14.6. The van der Waals surface area contributed by atoms with Crippen LogP contribution in [0.4, 0.5) is 10.1 Å². The molecule has 3 aliphatic carbocycles. The SMILES string of the molecule is O=C1C2C3c4ccccc4C(C(=O)O)(c4ccccc43)C2C(=O)N1c1ccccc1F. The van der Waals surface area contributed by atoms with Crippen molar-refractivity contribution >= 4 is 23.5 Å². The molecule has 3 aromatic carbocycles. The zero-order chi connectivity index (χ0) is 21.5. The van der Waals surface area contributed by atoms with Crippen LogP contribution in [0.5, 0.6) is 0 Å². The van der Waals surface area contributed by atoms with E-state index in [4.69, 9.17) is 0 Å². The monoisotopic (exact) mass is 413 g/mol. The van der Waals surface area contributed by atoms with Crippen LogP contribution in [-0.2, 0) is 19.8 Å². The van der Waals surface area contributed by atoms with Gasteiger partial charge in [-0.1, -0.05) is 60.7 Å². The third-order valence-electron chi connectivity index (χ3n) is 7.05. The van der Waals surface area contributed by atoms with Gasteiger partial charge in [-0.15, -0.1) is 0 Å². The summed E-state index contributed by atoms with van der Waals surface area (Å²) in [5.74, 6) is -5.63. The summed E-state index contributed by atoms with van der Waals surface area (Å²) in [6.07, 6.45) is 0. The highest BCUT2D eigenvalue weighted by atomic mass is 19.1. The van der Waals surface area contributed by atoms with E-state index in [1.807, 2.05) is 24.3 Å². The van der Waals surface area contributed by atoms with Crippen molar-refractivity contribution in [2.75, 3.05) is 4.90 Å². The Morgan fingerprint density at radius 1 is 0.839 bits per heavy atom. The Labute approximate surface area is 176 Å². The molecule has 0 spiro atoms. The number of rotatable bonds is 2. The molecule has 31 heavy (non-hydrogen) atoms. The van der Waals surface area contributed by atoms with Crippen LogP contribution in [-0.4, -0.2) is 22.9 Å². The van der Waals surface area contributed by atoms with Gasteiger partial charge in [0, 0.05) is 5.92 Å². The van der Waals surface area contributed by atoms with E-state index in [0.29, 0.717) is 11.1 Å². The molecule has 1 fully saturated rings. The summed E-state index contributed by atoms with van der Waals surface area (Å²) < 4.78 is 14.6. The van der Waals surface area contributed by atoms with Gasteiger partial charge in [-0.25, -0.2) is 9.29 Å². The average molecular weight is 413 g/mol. The van der Waals surface area contributed by atoms with Crippen molar-refractivity contribution in [1.29, 1.82) is 0 Å². The molecule has 152 valence electrons. The molecule has 2 bridgehead atoms. The van der Waals surface area contributed by atoms with Crippen molar-refractivity contribution in [2.45, 2.75) is 11.3 Å². The third-order valence-corrected chi connectivity index (χ3v) is 7.05. The zero-order valence-electron chi connectivity index (χ0n) is 16.2. The van der Waals surface area contributed by atoms with Crippen LogP contribution in [0.25, 0.3) is 0 Å². The van der Waals surface area contributed by atoms with E-state index in [2.05, 4.69) is 0 Å². The minimum absolute atomic E-state index is 0.139. The Kier molecular flexibility index (Phi) is 3.41. The topological polar surface area (TPSA) is 74.7 Å². The molecule has 1 saturated heterocycles. The van der Waals surface area contributed by atoms with Gasteiger partial charge >= 0.3 is 5.97 Å². The minimum atomic E-state index is -1.71. The lowest BCUT2D eigenvalue weighted by Gasteiger charge is -2.51. The van der Waals surface area contributed by atoms with Gasteiger partial charge in [-0.3, -0.25) is 14.4 Å². The second-order valence-corrected chi connectivity index (χ2v) is 8.23. The Morgan fingerprint density at radius 2 is 1.39 bits per heavy atom. The maximum absolute atomic E-state index is 14.6. The van der Waals surface area contributed by atoms with E-state index in [0.717, 1.165) is 16.0 Å². The second-order valence-electron chi connectivity index (χ2n) is 8.23. The summed E-state index contributed by atoms with van der Waals surface area (Å²) in [5.41, 5.74) is 0.690. The van der Waals surface area contributed by atoms with Gasteiger partial charge in [0.25, 0.3) is 0 Å². The van der Waals surface area contributed by atoms with Crippen molar-refractivity contribution in [1.82, 2.24) is 0 Å². The lowest BCUT2D eigenvalue weighted by molar-refractivity contribution is -0.149. The zero-order valence-corrected chi connectivity index (χ0v) is 16.2. The molecule has 2 atom stereocenters. The average Bonchev–Trinajstić information content (AvgIpc) is 3.05. The molecule has 6 heteroatoms. The Bertz CT molecular complexity index is 1270. The number of carboxylic acids is 1. The molecule has 1 aliphatic heterocycles. The number of para-hydroxylation sites is 1. The first-order valence-electron chi connectivity index (χ1n) is 10.0. The van der Waals surface area contributed by atoms with Gasteiger partial charge in [0.05, 0.1) is 17.5 Å². The first-order valence-corrected chi connectivity index (χ1v) is 10.0. The summed E-state index contributed by atoms with van der Waals surface area (Å²) in [6, 6.07) is 19.8. The van der Waals surface area contributed by atoms with Crippen molar-refractivity contribution < 1.29 is 23.9 Å². The predicted octanol–water partition coefficient (Wildman–Crippen LogP) is 3.46. The fourth-order valence-electron chi connectivity index (χ4n) is 6.01. The van der Waals surface area contributed by atoms with E-state index < -0.39 is 46.8 Å². The molecule has 5 nitrogen and oxygen atoms in total. The van der Waals surface area contributed by atoms with E-state index in [9.17, 15) is 23.9 Å². The summed E-state index contributed by atoms with van der Waals surface area (Å²) >= 11 is 0. The molecular formula is C25H16FNO4. The molecular weight excluding hydrogens is 397 g/mol. The van der Waals surface area contributed by atoms with Crippen LogP contribution in [0.2, 0.25) is 0 Å². The summed E-state index contributed by atoms with van der Waals surface area (Å²) in [6.45, 7) is 0. The normalized spacial score (nSPS) is 27.6. The molecule has 7 rings (SSSR count). The van der Waals surface area contributed by atoms with Gasteiger partial charge in [0.2, 0.25) is 11.8 Å². The quantitative estimate of drug-likeness (QED) is 0.653. The highest BCUT2D eigenvalue weighted by molar-refractivity contribution is 6.25. The van der Waals surface area contributed by atoms with Gasteiger partial charge in [0.1, 0.15) is 11.2 Å². The smallest absolute Gasteiger partial charge is 0.319 e. The van der Waals surface area contributed by atoms with Crippen LogP contribution in [0, 0.1) is 17.7 Å². The first-order chi connectivity index (χ1) is 15.0. The standard InChI is InChI=1S/C25H16FNO4/c26-17-11-5-6-12-18(17)27-22(28)20-19-13-7-1-3-9-15(13)25(24(30)31,21(20)23(27)29)16-10-4-2-8-14(16)19/h1-12,19-21H,(H,30,31). The van der Waals surface area contributed by atoms with Crippen molar-refractivity contribution in [3.05, 3.63) is 101 Å². The lowest BCUT2D eigenvalue weighted by Crippen LogP contribution is -2.57. The largest absolute Gasteiger partial charge is 0.480 e. The Balaban J connectivity index is 1.69. The van der Waals surface area contributed by atoms with Crippen LogP contribution < -0.4 is 4.90 Å². The molecule has 2 unspecified atom stereocenters. The number of imide groups is 1. The van der Waals surface area contributed by atoms with E-state index in [-0.39, 0.29) is 5.69 Å². The van der Waals surface area contributed by atoms with Crippen LogP contribution in [0.15, 0.2) is 72.8 Å². The number of hydrogen-bond donors (Lipinski definition) is 1. The van der Waals surface area contributed by atoms with Gasteiger partial charge < -0.3 is 5.11 Å². The Hall–Kier alpha value is -3.80. The Morgan fingerprint density at radius 3 is 1.97 bits per heavy atom. The number of aliphatic carboxylic acids is 1. The van der Waals surface area contributed by atoms with E-state index in [1.165, 1.54) is 18.2 Å². The number of anilines is 1. The second kappa shape index (κ2) is 5.88. The number of nitrogens with zero attached hydrogens (tertiary/aromatic N) is 1.